The van der Waals surface area contributed by atoms with Crippen molar-refractivity contribution < 1.29 is 9.59 Å². The maximum Gasteiger partial charge on any atom is 0.254 e. The van der Waals surface area contributed by atoms with Crippen LogP contribution in [0.15, 0.2) is 47.7 Å². The lowest BCUT2D eigenvalue weighted by molar-refractivity contribution is -0.123. The first-order chi connectivity index (χ1) is 15.6. The first-order valence-corrected chi connectivity index (χ1v) is 10.8. The summed E-state index contributed by atoms with van der Waals surface area (Å²) in [6, 6.07) is 9.31. The number of hydrogen-bond acceptors (Lipinski definition) is 6. The number of anilines is 1. The zero-order chi connectivity index (χ0) is 22.3. The first kappa shape index (κ1) is 21.5. The van der Waals surface area contributed by atoms with Gasteiger partial charge in [0.2, 0.25) is 11.9 Å². The maximum absolute atomic E-state index is 12.6. The van der Waals surface area contributed by atoms with Gasteiger partial charge >= 0.3 is 0 Å². The van der Waals surface area contributed by atoms with E-state index in [1.54, 1.807) is 24.3 Å². The number of guanidine groups is 1. The van der Waals surface area contributed by atoms with Gasteiger partial charge < -0.3 is 25.3 Å². The van der Waals surface area contributed by atoms with Gasteiger partial charge in [-0.2, -0.15) is 0 Å². The summed E-state index contributed by atoms with van der Waals surface area (Å²) in [4.78, 5) is 43.2. The smallest absolute Gasteiger partial charge is 0.254 e. The Morgan fingerprint density at radius 1 is 1.06 bits per heavy atom. The molecule has 2 amide bonds. The molecule has 0 aliphatic carbocycles. The van der Waals surface area contributed by atoms with Crippen molar-refractivity contribution in [2.75, 3.05) is 57.8 Å². The third-order valence-electron chi connectivity index (χ3n) is 5.60. The van der Waals surface area contributed by atoms with Crippen LogP contribution in [0.1, 0.15) is 15.9 Å². The van der Waals surface area contributed by atoms with Gasteiger partial charge in [0.15, 0.2) is 5.96 Å². The van der Waals surface area contributed by atoms with Gasteiger partial charge in [0, 0.05) is 70.8 Å². The third-order valence-corrected chi connectivity index (χ3v) is 5.60. The zero-order valence-corrected chi connectivity index (χ0v) is 18.2. The molecule has 0 atom stereocenters. The van der Waals surface area contributed by atoms with Crippen molar-refractivity contribution in [3.63, 3.8) is 0 Å². The van der Waals surface area contributed by atoms with Crippen molar-refractivity contribution in [1.29, 1.82) is 0 Å². The van der Waals surface area contributed by atoms with E-state index in [-0.39, 0.29) is 18.4 Å². The van der Waals surface area contributed by atoms with E-state index < -0.39 is 0 Å². The summed E-state index contributed by atoms with van der Waals surface area (Å²) in [7, 11) is 1.78. The molecular weight excluding hydrogens is 408 g/mol. The van der Waals surface area contributed by atoms with Crippen LogP contribution in [-0.4, -0.2) is 90.4 Å². The van der Waals surface area contributed by atoms with Crippen LogP contribution in [-0.2, 0) is 11.3 Å². The Morgan fingerprint density at radius 2 is 1.78 bits per heavy atom. The second-order valence-corrected chi connectivity index (χ2v) is 7.70. The highest BCUT2D eigenvalue weighted by Crippen LogP contribution is 2.11. The Labute approximate surface area is 187 Å². The Balaban J connectivity index is 1.28. The van der Waals surface area contributed by atoms with E-state index in [1.807, 2.05) is 30.3 Å². The lowest BCUT2D eigenvalue weighted by atomic mass is 10.1. The number of benzene rings is 1. The van der Waals surface area contributed by atoms with Crippen molar-refractivity contribution in [3.05, 3.63) is 53.9 Å². The van der Waals surface area contributed by atoms with E-state index in [4.69, 9.17) is 0 Å². The molecule has 0 bridgehead atoms. The molecule has 2 aliphatic heterocycles. The number of piperazine rings is 2. The van der Waals surface area contributed by atoms with Gasteiger partial charge in [0.25, 0.3) is 5.91 Å². The van der Waals surface area contributed by atoms with Crippen LogP contribution in [0.5, 0.6) is 0 Å². The Bertz CT molecular complexity index is 956. The number of nitrogens with one attached hydrogen (secondary N) is 2. The number of aliphatic imine (C=N–C) groups is 1. The standard InChI is InChI=1S/C22H28N8O2/c1-23-21(28-11-13-29(14-12-28)22-25-7-2-8-26-22)27-15-17-3-5-18(6-4-17)20(32)30-10-9-24-19(31)16-30/h2-8H,9-16H2,1H3,(H,23,27)(H,24,31). The number of carbonyl (C=O) groups excluding carboxylic acids is 2. The summed E-state index contributed by atoms with van der Waals surface area (Å²) < 4.78 is 0. The van der Waals surface area contributed by atoms with Gasteiger partial charge in [-0.3, -0.25) is 14.6 Å². The summed E-state index contributed by atoms with van der Waals surface area (Å²) >= 11 is 0. The van der Waals surface area contributed by atoms with E-state index in [0.717, 1.165) is 43.7 Å². The first-order valence-electron chi connectivity index (χ1n) is 10.8. The van der Waals surface area contributed by atoms with Gasteiger partial charge in [0.1, 0.15) is 0 Å². The highest BCUT2D eigenvalue weighted by molar-refractivity contribution is 5.97. The van der Waals surface area contributed by atoms with Gasteiger partial charge in [-0.05, 0) is 23.8 Å². The predicted octanol–water partition coefficient (Wildman–Crippen LogP) is -0.0538. The molecule has 1 aromatic carbocycles. The van der Waals surface area contributed by atoms with Crippen LogP contribution in [0.25, 0.3) is 0 Å². The molecule has 2 N–H and O–H groups in total. The predicted molar refractivity (Wildman–Crippen MR) is 121 cm³/mol. The van der Waals surface area contributed by atoms with E-state index in [9.17, 15) is 9.59 Å². The molecule has 0 spiro atoms. The van der Waals surface area contributed by atoms with Gasteiger partial charge in [-0.25, -0.2) is 9.97 Å². The number of amides is 2. The van der Waals surface area contributed by atoms with Crippen molar-refractivity contribution in [2.24, 2.45) is 4.99 Å². The van der Waals surface area contributed by atoms with E-state index in [0.29, 0.717) is 25.2 Å². The molecule has 2 fully saturated rings. The second-order valence-electron chi connectivity index (χ2n) is 7.70. The van der Waals surface area contributed by atoms with Crippen molar-refractivity contribution >= 4 is 23.7 Å². The summed E-state index contributed by atoms with van der Waals surface area (Å²) in [5.41, 5.74) is 1.64. The average molecular weight is 437 g/mol. The molecule has 168 valence electrons. The Hall–Kier alpha value is -3.69. The molecule has 0 saturated carbocycles. The molecule has 10 nitrogen and oxygen atoms in total. The highest BCUT2D eigenvalue weighted by atomic mass is 16.2. The third kappa shape index (κ3) is 5.13. The van der Waals surface area contributed by atoms with Crippen LogP contribution in [0, 0.1) is 0 Å². The maximum atomic E-state index is 12.6. The number of hydrogen-bond donors (Lipinski definition) is 2. The van der Waals surface area contributed by atoms with E-state index in [1.165, 1.54) is 0 Å². The van der Waals surface area contributed by atoms with Crippen LogP contribution >= 0.6 is 0 Å². The van der Waals surface area contributed by atoms with Crippen LogP contribution in [0.3, 0.4) is 0 Å². The molecular formula is C22H28N8O2. The molecule has 4 rings (SSSR count). The average Bonchev–Trinajstić information content (AvgIpc) is 2.85. The fourth-order valence-electron chi connectivity index (χ4n) is 3.85. The fraction of sp³-hybridized carbons (Fsp3) is 0.409. The number of aromatic nitrogens is 2. The molecule has 1 aromatic heterocycles. The van der Waals surface area contributed by atoms with Crippen molar-refractivity contribution in [1.82, 2.24) is 30.4 Å². The zero-order valence-electron chi connectivity index (χ0n) is 18.2. The van der Waals surface area contributed by atoms with Gasteiger partial charge in [-0.1, -0.05) is 12.1 Å². The quantitative estimate of drug-likeness (QED) is 0.511. The molecule has 2 saturated heterocycles. The normalized spacial score (nSPS) is 17.2. The minimum absolute atomic E-state index is 0.113. The largest absolute Gasteiger partial charge is 0.353 e. The van der Waals surface area contributed by atoms with Crippen LogP contribution in [0.2, 0.25) is 0 Å². The molecule has 0 unspecified atom stereocenters. The van der Waals surface area contributed by atoms with Crippen molar-refractivity contribution in [2.45, 2.75) is 6.54 Å². The fourth-order valence-corrected chi connectivity index (χ4v) is 3.85. The van der Waals surface area contributed by atoms with E-state index >= 15 is 0 Å². The highest BCUT2D eigenvalue weighted by Gasteiger charge is 2.23. The summed E-state index contributed by atoms with van der Waals surface area (Å²) in [6.45, 7) is 5.07. The number of nitrogens with zero attached hydrogens (tertiary/aromatic N) is 6. The SMILES string of the molecule is CN=C(NCc1ccc(C(=O)N2CCNC(=O)C2)cc1)N1CCN(c2ncccn2)CC1. The summed E-state index contributed by atoms with van der Waals surface area (Å²) in [5, 5.41) is 6.14. The summed E-state index contributed by atoms with van der Waals surface area (Å²) in [5.74, 6) is 1.37. The lowest BCUT2D eigenvalue weighted by Crippen LogP contribution is -2.52. The monoisotopic (exact) mass is 436 g/mol. The topological polar surface area (TPSA) is 106 Å². The Kier molecular flexibility index (Phi) is 6.78. The minimum Gasteiger partial charge on any atom is -0.353 e. The number of rotatable bonds is 4. The van der Waals surface area contributed by atoms with E-state index in [2.05, 4.69) is 35.4 Å². The molecule has 3 heterocycles. The Morgan fingerprint density at radius 3 is 2.44 bits per heavy atom. The molecule has 2 aliphatic rings. The van der Waals surface area contributed by atoms with Crippen LogP contribution in [0.4, 0.5) is 5.95 Å². The van der Waals surface area contributed by atoms with Gasteiger partial charge in [-0.15, -0.1) is 0 Å². The van der Waals surface area contributed by atoms with Crippen LogP contribution < -0.4 is 15.5 Å². The lowest BCUT2D eigenvalue weighted by Gasteiger charge is -2.36. The van der Waals surface area contributed by atoms with Gasteiger partial charge in [0.05, 0.1) is 6.54 Å². The molecule has 2 aromatic rings. The molecule has 10 heteroatoms. The molecule has 32 heavy (non-hydrogen) atoms. The molecule has 0 radical (unpaired) electrons. The second kappa shape index (κ2) is 10.1. The minimum atomic E-state index is -0.117. The summed E-state index contributed by atoms with van der Waals surface area (Å²) in [6.07, 6.45) is 3.52. The number of carbonyl (C=O) groups is 2. The van der Waals surface area contributed by atoms with Crippen molar-refractivity contribution in [3.8, 4) is 0 Å².